The molecule has 1 heterocycles. The molecular weight excluding hydrogens is 218 g/mol. The van der Waals surface area contributed by atoms with E-state index in [1.807, 2.05) is 6.92 Å². The Labute approximate surface area is 92.6 Å². The lowest BCUT2D eigenvalue weighted by Crippen LogP contribution is -2.48. The summed E-state index contributed by atoms with van der Waals surface area (Å²) >= 11 is 1.10. The molecule has 1 rings (SSSR count). The van der Waals surface area contributed by atoms with Crippen LogP contribution in [0.3, 0.4) is 0 Å². The fourth-order valence-corrected chi connectivity index (χ4v) is 1.71. The second-order valence-corrected chi connectivity index (χ2v) is 4.95. The molecule has 0 aromatic rings. The third-order valence-electron chi connectivity index (χ3n) is 2.07. The third-order valence-corrected chi connectivity index (χ3v) is 2.99. The van der Waals surface area contributed by atoms with Gasteiger partial charge in [-0.05, 0) is 0 Å². The van der Waals surface area contributed by atoms with Crippen LogP contribution in [0.5, 0.6) is 0 Å². The Balaban J connectivity index is 2.05. The van der Waals surface area contributed by atoms with Crippen LogP contribution in [0.1, 0.15) is 6.92 Å². The van der Waals surface area contributed by atoms with Crippen molar-refractivity contribution in [2.24, 2.45) is 5.41 Å². The summed E-state index contributed by atoms with van der Waals surface area (Å²) in [5, 5.41) is 11.1. The first kappa shape index (κ1) is 12.3. The molecule has 0 spiro atoms. The van der Waals surface area contributed by atoms with Crippen molar-refractivity contribution in [3.63, 3.8) is 0 Å². The number of rotatable bonds is 6. The van der Waals surface area contributed by atoms with Crippen LogP contribution in [-0.4, -0.2) is 48.2 Å². The third kappa shape index (κ3) is 4.53. The van der Waals surface area contributed by atoms with Crippen LogP contribution in [0.15, 0.2) is 0 Å². The molecule has 0 saturated carbocycles. The van der Waals surface area contributed by atoms with E-state index in [9.17, 15) is 9.59 Å². The normalized spacial score (nSPS) is 17.9. The van der Waals surface area contributed by atoms with Crippen LogP contribution in [0.4, 0.5) is 0 Å². The minimum Gasteiger partial charge on any atom is -0.481 e. The highest BCUT2D eigenvalue weighted by Crippen LogP contribution is 2.24. The van der Waals surface area contributed by atoms with Gasteiger partial charge >= 0.3 is 5.97 Å². The maximum atomic E-state index is 11.2. The fraction of sp³-hybridized carbons (Fsp3) is 0.778. The van der Waals surface area contributed by atoms with Crippen molar-refractivity contribution < 1.29 is 19.4 Å². The summed E-state index contributed by atoms with van der Waals surface area (Å²) < 4.78 is 5.05. The number of carbonyl (C=O) groups is 2. The Hall–Kier alpha value is -0.750. The maximum absolute atomic E-state index is 11.2. The van der Waals surface area contributed by atoms with Crippen LogP contribution in [0.2, 0.25) is 0 Å². The SMILES string of the molecule is CC1(CNC(=O)CSCC(=O)O)COC1. The van der Waals surface area contributed by atoms with E-state index in [0.717, 1.165) is 11.8 Å². The van der Waals surface area contributed by atoms with Gasteiger partial charge in [0.15, 0.2) is 0 Å². The second kappa shape index (κ2) is 5.37. The molecule has 1 aliphatic heterocycles. The zero-order valence-electron chi connectivity index (χ0n) is 8.62. The molecule has 6 heteroatoms. The zero-order chi connectivity index (χ0) is 11.3. The Bertz CT molecular complexity index is 252. The topological polar surface area (TPSA) is 75.6 Å². The van der Waals surface area contributed by atoms with Gasteiger partial charge in [0.05, 0.1) is 24.7 Å². The molecule has 0 atom stereocenters. The van der Waals surface area contributed by atoms with E-state index in [0.29, 0.717) is 19.8 Å². The largest absolute Gasteiger partial charge is 0.481 e. The number of amides is 1. The molecule has 0 radical (unpaired) electrons. The lowest BCUT2D eigenvalue weighted by Gasteiger charge is -2.37. The molecule has 0 aromatic carbocycles. The van der Waals surface area contributed by atoms with Gasteiger partial charge in [-0.3, -0.25) is 9.59 Å². The standard InChI is InChI=1S/C9H15NO4S/c1-9(5-14-6-9)4-10-7(11)2-15-3-8(12)13/h2-6H2,1H3,(H,10,11)(H,12,13). The van der Waals surface area contributed by atoms with E-state index in [-0.39, 0.29) is 22.8 Å². The zero-order valence-corrected chi connectivity index (χ0v) is 9.43. The van der Waals surface area contributed by atoms with Gasteiger partial charge in [0, 0.05) is 12.0 Å². The number of aliphatic carboxylic acids is 1. The average molecular weight is 233 g/mol. The number of hydrogen-bond acceptors (Lipinski definition) is 4. The predicted molar refractivity (Wildman–Crippen MR) is 56.9 cm³/mol. The van der Waals surface area contributed by atoms with Gasteiger partial charge in [-0.15, -0.1) is 11.8 Å². The molecule has 5 nitrogen and oxygen atoms in total. The molecule has 1 amide bonds. The van der Waals surface area contributed by atoms with Gasteiger partial charge in [-0.25, -0.2) is 0 Å². The number of carboxylic acids is 1. The molecular formula is C9H15NO4S. The minimum absolute atomic E-state index is 0.0339. The van der Waals surface area contributed by atoms with Crippen LogP contribution >= 0.6 is 11.8 Å². The van der Waals surface area contributed by atoms with Crippen molar-refractivity contribution >= 4 is 23.6 Å². The van der Waals surface area contributed by atoms with Crippen molar-refractivity contribution in [2.75, 3.05) is 31.3 Å². The van der Waals surface area contributed by atoms with E-state index >= 15 is 0 Å². The van der Waals surface area contributed by atoms with Crippen LogP contribution in [0.25, 0.3) is 0 Å². The van der Waals surface area contributed by atoms with Crippen LogP contribution in [-0.2, 0) is 14.3 Å². The van der Waals surface area contributed by atoms with Crippen molar-refractivity contribution in [2.45, 2.75) is 6.92 Å². The van der Waals surface area contributed by atoms with Gasteiger partial charge in [0.25, 0.3) is 0 Å². The highest BCUT2D eigenvalue weighted by Gasteiger charge is 2.33. The summed E-state index contributed by atoms with van der Waals surface area (Å²) in [6, 6.07) is 0. The average Bonchev–Trinajstić information content (AvgIpc) is 2.11. The number of carboxylic acid groups (broad SMARTS) is 1. The summed E-state index contributed by atoms with van der Waals surface area (Å²) in [6.45, 7) is 3.99. The Morgan fingerprint density at radius 2 is 2.13 bits per heavy atom. The van der Waals surface area contributed by atoms with Crippen molar-refractivity contribution in [1.29, 1.82) is 0 Å². The molecule has 0 unspecified atom stereocenters. The van der Waals surface area contributed by atoms with E-state index in [4.69, 9.17) is 9.84 Å². The Morgan fingerprint density at radius 3 is 2.60 bits per heavy atom. The number of ether oxygens (including phenoxy) is 1. The van der Waals surface area contributed by atoms with Gasteiger partial charge < -0.3 is 15.2 Å². The number of nitrogens with one attached hydrogen (secondary N) is 1. The lowest BCUT2D eigenvalue weighted by atomic mass is 9.89. The highest BCUT2D eigenvalue weighted by atomic mass is 32.2. The van der Waals surface area contributed by atoms with Gasteiger partial charge in [-0.2, -0.15) is 0 Å². The highest BCUT2D eigenvalue weighted by molar-refractivity contribution is 8.00. The number of thioether (sulfide) groups is 1. The van der Waals surface area contributed by atoms with Gasteiger partial charge in [0.2, 0.25) is 5.91 Å². The van der Waals surface area contributed by atoms with Crippen molar-refractivity contribution in [3.8, 4) is 0 Å². The molecule has 2 N–H and O–H groups in total. The van der Waals surface area contributed by atoms with Crippen molar-refractivity contribution in [1.82, 2.24) is 5.32 Å². The molecule has 0 aliphatic carbocycles. The number of carbonyl (C=O) groups excluding carboxylic acids is 1. The molecule has 0 bridgehead atoms. The summed E-state index contributed by atoms with van der Waals surface area (Å²) in [4.78, 5) is 21.4. The van der Waals surface area contributed by atoms with E-state index in [2.05, 4.69) is 5.32 Å². The van der Waals surface area contributed by atoms with Gasteiger partial charge in [-0.1, -0.05) is 6.92 Å². The van der Waals surface area contributed by atoms with Crippen LogP contribution in [0, 0.1) is 5.41 Å². The molecule has 15 heavy (non-hydrogen) atoms. The van der Waals surface area contributed by atoms with E-state index in [1.54, 1.807) is 0 Å². The number of hydrogen-bond donors (Lipinski definition) is 2. The smallest absolute Gasteiger partial charge is 0.313 e. The van der Waals surface area contributed by atoms with Gasteiger partial charge in [0.1, 0.15) is 0 Å². The minimum atomic E-state index is -0.896. The first-order chi connectivity index (χ1) is 7.02. The monoisotopic (exact) mass is 233 g/mol. The molecule has 0 aromatic heterocycles. The second-order valence-electron chi connectivity index (χ2n) is 3.97. The van der Waals surface area contributed by atoms with E-state index in [1.165, 1.54) is 0 Å². The Morgan fingerprint density at radius 1 is 1.47 bits per heavy atom. The Kier molecular flexibility index (Phi) is 4.41. The quantitative estimate of drug-likeness (QED) is 0.673. The maximum Gasteiger partial charge on any atom is 0.313 e. The lowest BCUT2D eigenvalue weighted by molar-refractivity contribution is -0.133. The molecule has 1 saturated heterocycles. The summed E-state index contributed by atoms with van der Waals surface area (Å²) in [7, 11) is 0. The first-order valence-corrected chi connectivity index (χ1v) is 5.81. The van der Waals surface area contributed by atoms with Crippen molar-refractivity contribution in [3.05, 3.63) is 0 Å². The predicted octanol–water partition coefficient (Wildman–Crippen LogP) is -0.0431. The molecule has 1 fully saturated rings. The molecule has 1 aliphatic rings. The molecule has 86 valence electrons. The fourth-order valence-electron chi connectivity index (χ4n) is 1.15. The summed E-state index contributed by atoms with van der Waals surface area (Å²) in [6.07, 6.45) is 0. The van der Waals surface area contributed by atoms with E-state index < -0.39 is 5.97 Å². The first-order valence-electron chi connectivity index (χ1n) is 4.66. The summed E-state index contributed by atoms with van der Waals surface area (Å²) in [5.74, 6) is -0.849. The van der Waals surface area contributed by atoms with Crippen LogP contribution < -0.4 is 5.32 Å². The summed E-state index contributed by atoms with van der Waals surface area (Å²) in [5.41, 5.74) is 0.0626.